The van der Waals surface area contributed by atoms with Crippen LogP contribution in [0.25, 0.3) is 0 Å². The van der Waals surface area contributed by atoms with E-state index in [1.807, 2.05) is 37.3 Å². The van der Waals surface area contributed by atoms with Crippen molar-refractivity contribution >= 4 is 11.9 Å². The fourth-order valence-electron chi connectivity index (χ4n) is 2.47. The summed E-state index contributed by atoms with van der Waals surface area (Å²) in [5, 5.41) is 11.7. The fourth-order valence-corrected chi connectivity index (χ4v) is 2.47. The Bertz CT molecular complexity index is 504. The van der Waals surface area contributed by atoms with Gasteiger partial charge in [-0.1, -0.05) is 6.08 Å². The predicted octanol–water partition coefficient (Wildman–Crippen LogP) is 1.33. The normalized spacial score (nSPS) is 33.1. The van der Waals surface area contributed by atoms with Crippen molar-refractivity contribution in [1.82, 2.24) is 5.06 Å². The number of allylic oxidation sites excluding steroid dienone is 3. The van der Waals surface area contributed by atoms with Gasteiger partial charge in [0.25, 0.3) is 0 Å². The molecule has 0 amide bonds. The van der Waals surface area contributed by atoms with Crippen molar-refractivity contribution in [3.05, 3.63) is 36.1 Å². The fraction of sp³-hybridized carbons (Fsp3) is 0.385. The summed E-state index contributed by atoms with van der Waals surface area (Å²) >= 11 is 0. The molecule has 0 aromatic rings. The maximum atomic E-state index is 10.4. The summed E-state index contributed by atoms with van der Waals surface area (Å²) in [6.07, 6.45) is 10.8. The van der Waals surface area contributed by atoms with E-state index in [2.05, 4.69) is 9.98 Å². The van der Waals surface area contributed by atoms with Crippen LogP contribution in [0.1, 0.15) is 6.92 Å². The van der Waals surface area contributed by atoms with Gasteiger partial charge in [-0.15, -0.1) is 5.06 Å². The SMILES string of the molecule is CCOCC1N=C2C=CC=C3N=CC=CC32N1O. The second-order valence-corrected chi connectivity index (χ2v) is 4.31. The first kappa shape index (κ1) is 11.5. The zero-order valence-corrected chi connectivity index (χ0v) is 10.2. The molecule has 0 aromatic heterocycles. The Kier molecular flexibility index (Phi) is 2.74. The Balaban J connectivity index is 1.98. The number of ether oxygens (including phenoxy) is 1. The molecule has 2 atom stereocenters. The Morgan fingerprint density at radius 2 is 2.39 bits per heavy atom. The van der Waals surface area contributed by atoms with Crippen LogP contribution in [0, 0.1) is 0 Å². The zero-order chi connectivity index (χ0) is 12.6. The Morgan fingerprint density at radius 1 is 1.50 bits per heavy atom. The molecule has 2 unspecified atom stereocenters. The van der Waals surface area contributed by atoms with E-state index in [4.69, 9.17) is 4.74 Å². The third-order valence-corrected chi connectivity index (χ3v) is 3.33. The molecule has 0 saturated carbocycles. The molecule has 94 valence electrons. The second kappa shape index (κ2) is 4.28. The van der Waals surface area contributed by atoms with Crippen molar-refractivity contribution in [2.75, 3.05) is 13.2 Å². The van der Waals surface area contributed by atoms with E-state index in [-0.39, 0.29) is 6.17 Å². The van der Waals surface area contributed by atoms with Gasteiger partial charge in [0.15, 0.2) is 11.7 Å². The highest BCUT2D eigenvalue weighted by Gasteiger charge is 2.51. The highest BCUT2D eigenvalue weighted by Crippen LogP contribution is 2.39. The molecule has 3 aliphatic rings. The van der Waals surface area contributed by atoms with E-state index in [1.54, 1.807) is 6.21 Å². The van der Waals surface area contributed by atoms with Gasteiger partial charge >= 0.3 is 0 Å². The number of hydrogen-bond donors (Lipinski definition) is 1. The molecule has 0 aromatic carbocycles. The predicted molar refractivity (Wildman–Crippen MR) is 68.9 cm³/mol. The third kappa shape index (κ3) is 1.45. The van der Waals surface area contributed by atoms with Crippen LogP contribution in [-0.2, 0) is 4.74 Å². The van der Waals surface area contributed by atoms with Crippen LogP contribution in [0.3, 0.4) is 0 Å². The molecule has 2 aliphatic heterocycles. The molecular weight excluding hydrogens is 230 g/mol. The smallest absolute Gasteiger partial charge is 0.150 e. The van der Waals surface area contributed by atoms with Crippen LogP contribution in [0.2, 0.25) is 0 Å². The largest absolute Gasteiger partial charge is 0.378 e. The van der Waals surface area contributed by atoms with Crippen LogP contribution >= 0.6 is 0 Å². The van der Waals surface area contributed by atoms with Gasteiger partial charge in [0.2, 0.25) is 0 Å². The molecule has 5 heteroatoms. The maximum absolute atomic E-state index is 10.4. The van der Waals surface area contributed by atoms with Crippen LogP contribution in [0.4, 0.5) is 0 Å². The van der Waals surface area contributed by atoms with Crippen molar-refractivity contribution in [3.63, 3.8) is 0 Å². The number of rotatable bonds is 3. The minimum Gasteiger partial charge on any atom is -0.378 e. The van der Waals surface area contributed by atoms with E-state index in [0.717, 1.165) is 11.4 Å². The number of dihydropyridines is 1. The van der Waals surface area contributed by atoms with E-state index in [1.165, 1.54) is 5.06 Å². The molecule has 0 radical (unpaired) electrons. The van der Waals surface area contributed by atoms with Crippen molar-refractivity contribution in [2.24, 2.45) is 9.98 Å². The van der Waals surface area contributed by atoms with Crippen LogP contribution < -0.4 is 0 Å². The van der Waals surface area contributed by atoms with Crippen molar-refractivity contribution in [1.29, 1.82) is 0 Å². The van der Waals surface area contributed by atoms with Crippen molar-refractivity contribution in [3.8, 4) is 0 Å². The summed E-state index contributed by atoms with van der Waals surface area (Å²) in [6.45, 7) is 2.90. The van der Waals surface area contributed by atoms with Gasteiger partial charge in [-0.2, -0.15) is 0 Å². The zero-order valence-electron chi connectivity index (χ0n) is 10.2. The Labute approximate surface area is 105 Å². The summed E-state index contributed by atoms with van der Waals surface area (Å²) < 4.78 is 5.36. The van der Waals surface area contributed by atoms with Gasteiger partial charge < -0.3 is 9.94 Å². The number of nitrogens with zero attached hydrogens (tertiary/aromatic N) is 3. The number of aliphatic imine (C=N–C) groups is 2. The van der Waals surface area contributed by atoms with Crippen LogP contribution in [0.15, 0.2) is 46.1 Å². The molecule has 2 heterocycles. The standard InChI is InChI=1S/C13H15N3O2/c1-2-18-9-12-15-11-6-3-5-10-13(11,16(12)17)7-4-8-14-10/h3-8,12,17H,2,9H2,1H3. The molecule has 3 rings (SSSR count). The molecule has 1 N–H and O–H groups in total. The van der Waals surface area contributed by atoms with Gasteiger partial charge in [0, 0.05) is 12.8 Å². The Morgan fingerprint density at radius 3 is 3.22 bits per heavy atom. The highest BCUT2D eigenvalue weighted by atomic mass is 16.5. The molecule has 1 aliphatic carbocycles. The molecule has 18 heavy (non-hydrogen) atoms. The first-order valence-corrected chi connectivity index (χ1v) is 6.04. The van der Waals surface area contributed by atoms with Gasteiger partial charge in [-0.25, -0.2) is 0 Å². The third-order valence-electron chi connectivity index (χ3n) is 3.33. The summed E-state index contributed by atoms with van der Waals surface area (Å²) in [7, 11) is 0. The van der Waals surface area contributed by atoms with Crippen molar-refractivity contribution < 1.29 is 9.94 Å². The highest BCUT2D eigenvalue weighted by molar-refractivity contribution is 6.10. The minimum atomic E-state index is -0.731. The summed E-state index contributed by atoms with van der Waals surface area (Å²) in [4.78, 5) is 8.84. The molecule has 0 fully saturated rings. The van der Waals surface area contributed by atoms with Gasteiger partial charge in [-0.05, 0) is 31.2 Å². The molecule has 0 bridgehead atoms. The lowest BCUT2D eigenvalue weighted by molar-refractivity contribution is -0.157. The van der Waals surface area contributed by atoms with E-state index < -0.39 is 5.54 Å². The number of hydrogen-bond acceptors (Lipinski definition) is 5. The maximum Gasteiger partial charge on any atom is 0.150 e. The van der Waals surface area contributed by atoms with E-state index >= 15 is 0 Å². The molecule has 0 saturated heterocycles. The Hall–Kier alpha value is -1.56. The molecule has 5 nitrogen and oxygen atoms in total. The average Bonchev–Trinajstić information content (AvgIpc) is 2.68. The topological polar surface area (TPSA) is 57.4 Å². The number of hydroxylamine groups is 2. The summed E-state index contributed by atoms with van der Waals surface area (Å²) in [6, 6.07) is 0. The quantitative estimate of drug-likeness (QED) is 0.816. The van der Waals surface area contributed by atoms with Crippen LogP contribution in [-0.4, -0.2) is 47.1 Å². The first-order chi connectivity index (χ1) is 8.79. The lowest BCUT2D eigenvalue weighted by atomic mass is 9.84. The first-order valence-electron chi connectivity index (χ1n) is 6.04. The lowest BCUT2D eigenvalue weighted by Gasteiger charge is -2.36. The molecular formula is C13H15N3O2. The average molecular weight is 245 g/mol. The second-order valence-electron chi connectivity index (χ2n) is 4.31. The van der Waals surface area contributed by atoms with Gasteiger partial charge in [0.1, 0.15) is 0 Å². The minimum absolute atomic E-state index is 0.372. The van der Waals surface area contributed by atoms with Crippen molar-refractivity contribution in [2.45, 2.75) is 18.6 Å². The van der Waals surface area contributed by atoms with Gasteiger partial charge in [-0.3, -0.25) is 9.98 Å². The monoisotopic (exact) mass is 245 g/mol. The lowest BCUT2D eigenvalue weighted by Crippen LogP contribution is -2.52. The van der Waals surface area contributed by atoms with Crippen LogP contribution in [0.5, 0.6) is 0 Å². The van der Waals surface area contributed by atoms with Gasteiger partial charge in [0.05, 0.1) is 18.0 Å². The van der Waals surface area contributed by atoms with E-state index in [9.17, 15) is 5.21 Å². The summed E-state index contributed by atoms with van der Waals surface area (Å²) in [5.41, 5.74) is 0.860. The summed E-state index contributed by atoms with van der Waals surface area (Å²) in [5.74, 6) is 0. The van der Waals surface area contributed by atoms with E-state index in [0.29, 0.717) is 13.2 Å². The molecule has 1 spiro atoms.